The number of fused-ring (bicyclic) bond motifs is 1. The van der Waals surface area contributed by atoms with Crippen molar-refractivity contribution in [2.24, 2.45) is 11.8 Å². The number of ether oxygens (including phenoxy) is 2. The van der Waals surface area contributed by atoms with Gasteiger partial charge in [-0.2, -0.15) is 0 Å². The number of amides is 1. The number of hydrogen-bond donors (Lipinski definition) is 1. The smallest absolute Gasteiger partial charge is 0.411 e. The molecule has 0 bridgehead atoms. The molecule has 1 saturated carbocycles. The van der Waals surface area contributed by atoms with Crippen LogP contribution in [0.25, 0.3) is 11.1 Å². The number of benzene rings is 3. The first-order valence-corrected chi connectivity index (χ1v) is 13.2. The predicted molar refractivity (Wildman–Crippen MR) is 144 cm³/mol. The monoisotopic (exact) mass is 484 g/mol. The van der Waals surface area contributed by atoms with Crippen molar-refractivity contribution >= 4 is 11.8 Å². The summed E-state index contributed by atoms with van der Waals surface area (Å²) in [4.78, 5) is 15.3. The first-order chi connectivity index (χ1) is 17.7. The molecule has 2 fully saturated rings. The number of hydrogen-bond acceptors (Lipinski definition) is 4. The lowest BCUT2D eigenvalue weighted by atomic mass is 10.0. The standard InChI is InChI=1S/C31H36N2O3/c1-2-35-17-16-23-12-14-24(15-13-23)20-33-21-26-18-28(19-27(26)22-33)36-31(34)32-30-11-7-6-10-29(30)25-8-4-3-5-9-25/h3-15,26-28H,2,16-22H2,1H3,(H,32,34)/t26-,27+,28?. The van der Waals surface area contributed by atoms with Gasteiger partial charge in [-0.05, 0) is 60.8 Å². The Kier molecular flexibility index (Phi) is 7.99. The maximum absolute atomic E-state index is 12.7. The zero-order valence-corrected chi connectivity index (χ0v) is 21.1. The summed E-state index contributed by atoms with van der Waals surface area (Å²) >= 11 is 0. The Labute approximate surface area is 214 Å². The predicted octanol–water partition coefficient (Wildman–Crippen LogP) is 6.39. The number of nitrogens with zero attached hydrogens (tertiary/aromatic N) is 1. The van der Waals surface area contributed by atoms with Gasteiger partial charge in [-0.15, -0.1) is 0 Å². The van der Waals surface area contributed by atoms with Gasteiger partial charge in [-0.3, -0.25) is 10.2 Å². The van der Waals surface area contributed by atoms with Crippen molar-refractivity contribution in [3.63, 3.8) is 0 Å². The van der Waals surface area contributed by atoms with Crippen LogP contribution < -0.4 is 5.32 Å². The molecule has 0 spiro atoms. The van der Waals surface area contributed by atoms with E-state index in [0.29, 0.717) is 11.8 Å². The molecule has 1 N–H and O–H groups in total. The largest absolute Gasteiger partial charge is 0.446 e. The van der Waals surface area contributed by atoms with E-state index in [1.165, 1.54) is 11.1 Å². The fourth-order valence-electron chi connectivity index (χ4n) is 5.72. The van der Waals surface area contributed by atoms with Gasteiger partial charge in [0.25, 0.3) is 0 Å². The lowest BCUT2D eigenvalue weighted by Crippen LogP contribution is -2.25. The zero-order chi connectivity index (χ0) is 24.7. The van der Waals surface area contributed by atoms with Crippen molar-refractivity contribution < 1.29 is 14.3 Å². The molecule has 0 radical (unpaired) electrons. The van der Waals surface area contributed by atoms with Crippen LogP contribution in [0.5, 0.6) is 0 Å². The topological polar surface area (TPSA) is 50.8 Å². The molecule has 2 aliphatic rings. The van der Waals surface area contributed by atoms with Crippen molar-refractivity contribution in [2.45, 2.75) is 38.8 Å². The van der Waals surface area contributed by atoms with Crippen LogP contribution in [0.2, 0.25) is 0 Å². The van der Waals surface area contributed by atoms with Crippen LogP contribution in [0.4, 0.5) is 10.5 Å². The molecule has 3 atom stereocenters. The molecule has 1 unspecified atom stereocenters. The molecule has 5 nitrogen and oxygen atoms in total. The van der Waals surface area contributed by atoms with E-state index in [2.05, 4.69) is 34.5 Å². The maximum atomic E-state index is 12.7. The number of rotatable bonds is 9. The molecule has 5 rings (SSSR count). The van der Waals surface area contributed by atoms with E-state index in [0.717, 1.165) is 68.9 Å². The summed E-state index contributed by atoms with van der Waals surface area (Å²) in [6, 6.07) is 26.9. The number of anilines is 1. The molecule has 1 amide bonds. The molecular weight excluding hydrogens is 448 g/mol. The SMILES string of the molecule is CCOCCc1ccc(CN2C[C@H]3CC(OC(=O)Nc4ccccc4-c4ccccc4)C[C@H]3C2)cc1. The van der Waals surface area contributed by atoms with Crippen LogP contribution in [0.1, 0.15) is 30.9 Å². The van der Waals surface area contributed by atoms with Crippen molar-refractivity contribution in [3.05, 3.63) is 90.0 Å². The molecule has 3 aromatic carbocycles. The summed E-state index contributed by atoms with van der Waals surface area (Å²) in [5.41, 5.74) is 5.54. The zero-order valence-electron chi connectivity index (χ0n) is 21.1. The van der Waals surface area contributed by atoms with Gasteiger partial charge >= 0.3 is 6.09 Å². The summed E-state index contributed by atoms with van der Waals surface area (Å²) in [5, 5.41) is 2.98. The second-order valence-electron chi connectivity index (χ2n) is 10.0. The van der Waals surface area contributed by atoms with Gasteiger partial charge in [0.05, 0.1) is 12.3 Å². The van der Waals surface area contributed by atoms with E-state index in [1.807, 2.05) is 61.5 Å². The van der Waals surface area contributed by atoms with Crippen LogP contribution in [0, 0.1) is 11.8 Å². The number of nitrogens with one attached hydrogen (secondary N) is 1. The third-order valence-electron chi connectivity index (χ3n) is 7.47. The van der Waals surface area contributed by atoms with Gasteiger partial charge in [-0.1, -0.05) is 72.8 Å². The van der Waals surface area contributed by atoms with Crippen LogP contribution >= 0.6 is 0 Å². The molecule has 188 valence electrons. The van der Waals surface area contributed by atoms with Crippen LogP contribution in [0.15, 0.2) is 78.9 Å². The van der Waals surface area contributed by atoms with E-state index in [-0.39, 0.29) is 12.2 Å². The Morgan fingerprint density at radius 2 is 1.56 bits per heavy atom. The Hall–Kier alpha value is -3.15. The average Bonchev–Trinajstić information content (AvgIpc) is 3.44. The third-order valence-corrected chi connectivity index (χ3v) is 7.47. The van der Waals surface area contributed by atoms with Gasteiger partial charge < -0.3 is 9.47 Å². The minimum Gasteiger partial charge on any atom is -0.446 e. The molecule has 5 heteroatoms. The lowest BCUT2D eigenvalue weighted by Gasteiger charge is -2.20. The Morgan fingerprint density at radius 3 is 2.28 bits per heavy atom. The second-order valence-corrected chi connectivity index (χ2v) is 10.0. The number of likely N-dealkylation sites (tertiary alicyclic amines) is 1. The molecule has 1 aliphatic carbocycles. The fraction of sp³-hybridized carbons (Fsp3) is 0.387. The molecule has 3 aromatic rings. The second kappa shape index (κ2) is 11.7. The van der Waals surface area contributed by atoms with Gasteiger partial charge in [0.15, 0.2) is 0 Å². The molecule has 0 aromatic heterocycles. The Bertz CT molecular complexity index is 1120. The quantitative estimate of drug-likeness (QED) is 0.358. The van der Waals surface area contributed by atoms with E-state index < -0.39 is 0 Å². The van der Waals surface area contributed by atoms with Gasteiger partial charge in [0.2, 0.25) is 0 Å². The van der Waals surface area contributed by atoms with E-state index in [1.54, 1.807) is 0 Å². The van der Waals surface area contributed by atoms with Gasteiger partial charge in [0, 0.05) is 31.8 Å². The van der Waals surface area contributed by atoms with E-state index in [9.17, 15) is 4.79 Å². The van der Waals surface area contributed by atoms with Crippen LogP contribution in [-0.4, -0.2) is 43.4 Å². The maximum Gasteiger partial charge on any atom is 0.411 e. The van der Waals surface area contributed by atoms with Crippen molar-refractivity contribution in [2.75, 3.05) is 31.6 Å². The van der Waals surface area contributed by atoms with Crippen LogP contribution in [0.3, 0.4) is 0 Å². The normalized spacial score (nSPS) is 21.3. The van der Waals surface area contributed by atoms with Crippen molar-refractivity contribution in [1.29, 1.82) is 0 Å². The third kappa shape index (κ3) is 6.15. The molecule has 1 aliphatic heterocycles. The Balaban J connectivity index is 1.09. The summed E-state index contributed by atoms with van der Waals surface area (Å²) in [7, 11) is 0. The highest BCUT2D eigenvalue weighted by Gasteiger charge is 2.42. The van der Waals surface area contributed by atoms with Crippen molar-refractivity contribution in [1.82, 2.24) is 4.90 Å². The van der Waals surface area contributed by atoms with E-state index >= 15 is 0 Å². The number of carbonyl (C=O) groups excluding carboxylic acids is 1. The Morgan fingerprint density at radius 1 is 0.889 bits per heavy atom. The highest BCUT2D eigenvalue weighted by atomic mass is 16.6. The number of para-hydroxylation sites is 1. The molecule has 1 saturated heterocycles. The summed E-state index contributed by atoms with van der Waals surface area (Å²) in [6.07, 6.45) is 2.51. The average molecular weight is 485 g/mol. The summed E-state index contributed by atoms with van der Waals surface area (Å²) in [6.45, 7) is 6.73. The fourth-order valence-corrected chi connectivity index (χ4v) is 5.72. The highest BCUT2D eigenvalue weighted by Crippen LogP contribution is 2.40. The molecule has 1 heterocycles. The first kappa shape index (κ1) is 24.5. The van der Waals surface area contributed by atoms with Gasteiger partial charge in [-0.25, -0.2) is 4.79 Å². The number of carbonyl (C=O) groups is 1. The first-order valence-electron chi connectivity index (χ1n) is 13.2. The van der Waals surface area contributed by atoms with Crippen LogP contribution in [-0.2, 0) is 22.4 Å². The van der Waals surface area contributed by atoms with Gasteiger partial charge in [0.1, 0.15) is 6.10 Å². The van der Waals surface area contributed by atoms with E-state index in [4.69, 9.17) is 9.47 Å². The molecular formula is C31H36N2O3. The summed E-state index contributed by atoms with van der Waals surface area (Å²) < 4.78 is 11.3. The highest BCUT2D eigenvalue weighted by molar-refractivity contribution is 5.91. The minimum absolute atomic E-state index is 0.00402. The summed E-state index contributed by atoms with van der Waals surface area (Å²) in [5.74, 6) is 1.20. The molecule has 36 heavy (non-hydrogen) atoms. The van der Waals surface area contributed by atoms with Crippen molar-refractivity contribution in [3.8, 4) is 11.1 Å². The minimum atomic E-state index is -0.357. The lowest BCUT2D eigenvalue weighted by molar-refractivity contribution is 0.105.